The summed E-state index contributed by atoms with van der Waals surface area (Å²) in [5.41, 5.74) is 3.83. The van der Waals surface area contributed by atoms with Crippen molar-refractivity contribution < 1.29 is 0 Å². The number of aryl methyl sites for hydroxylation is 2. The van der Waals surface area contributed by atoms with Crippen LogP contribution < -0.4 is 16.6 Å². The fourth-order valence-corrected chi connectivity index (χ4v) is 3.34. The number of aromatic amines is 1. The van der Waals surface area contributed by atoms with Crippen molar-refractivity contribution in [3.63, 3.8) is 0 Å². The summed E-state index contributed by atoms with van der Waals surface area (Å²) < 4.78 is 1.55. The van der Waals surface area contributed by atoms with Crippen molar-refractivity contribution >= 4 is 5.82 Å². The second-order valence-corrected chi connectivity index (χ2v) is 6.87. The molecule has 7 heteroatoms. The molecule has 27 heavy (non-hydrogen) atoms. The van der Waals surface area contributed by atoms with Gasteiger partial charge in [0.15, 0.2) is 0 Å². The maximum absolute atomic E-state index is 12.5. The van der Waals surface area contributed by atoms with Gasteiger partial charge in [0.25, 0.3) is 5.56 Å². The second kappa shape index (κ2) is 6.85. The van der Waals surface area contributed by atoms with Crippen molar-refractivity contribution in [2.24, 2.45) is 0 Å². The highest BCUT2D eigenvalue weighted by Crippen LogP contribution is 2.23. The molecule has 7 nitrogen and oxygen atoms in total. The number of pyridine rings is 1. The first-order chi connectivity index (χ1) is 13.0. The van der Waals surface area contributed by atoms with E-state index in [1.807, 2.05) is 50.4 Å². The van der Waals surface area contributed by atoms with Crippen LogP contribution in [-0.4, -0.2) is 26.1 Å². The quantitative estimate of drug-likeness (QED) is 0.743. The molecule has 2 N–H and O–H groups in total. The Balaban J connectivity index is 1.73. The molecule has 0 unspecified atom stereocenters. The number of nitrogens with zero attached hydrogens (tertiary/aromatic N) is 3. The summed E-state index contributed by atoms with van der Waals surface area (Å²) in [7, 11) is 0. The molecule has 0 amide bonds. The lowest BCUT2D eigenvalue weighted by Gasteiger charge is -2.30. The Kier molecular flexibility index (Phi) is 4.37. The molecule has 0 spiro atoms. The fraction of sp³-hybridized carbons (Fsp3) is 0.250. The van der Waals surface area contributed by atoms with Gasteiger partial charge in [0, 0.05) is 25.5 Å². The highest BCUT2D eigenvalue weighted by molar-refractivity contribution is 5.53. The van der Waals surface area contributed by atoms with Crippen molar-refractivity contribution in [1.29, 1.82) is 0 Å². The summed E-state index contributed by atoms with van der Waals surface area (Å²) in [6.45, 7) is 5.69. The molecular weight excluding hydrogens is 342 g/mol. The Hall–Kier alpha value is -3.19. The Morgan fingerprint density at radius 3 is 2.74 bits per heavy atom. The molecule has 1 aromatic carbocycles. The molecule has 0 atom stereocenters. The standard InChI is InChI=1S/C20H21N5O2/c1-13-5-6-16(8-14(13)2)25-18-17(19(26)23-20(25)27)11-24(12-22-18)10-15-4-3-7-21-9-15/h3-9,22H,10-12H2,1-2H3,(H,23,26,27). The van der Waals surface area contributed by atoms with Gasteiger partial charge in [0.1, 0.15) is 5.82 Å². The van der Waals surface area contributed by atoms with Crippen LogP contribution in [0.15, 0.2) is 52.3 Å². The Morgan fingerprint density at radius 1 is 1.15 bits per heavy atom. The molecule has 0 saturated carbocycles. The molecule has 0 bridgehead atoms. The molecule has 4 rings (SSSR count). The second-order valence-electron chi connectivity index (χ2n) is 6.87. The predicted molar refractivity (Wildman–Crippen MR) is 104 cm³/mol. The first-order valence-electron chi connectivity index (χ1n) is 8.84. The van der Waals surface area contributed by atoms with E-state index in [9.17, 15) is 9.59 Å². The number of hydrogen-bond acceptors (Lipinski definition) is 5. The Labute approximate surface area is 156 Å². The molecular formula is C20H21N5O2. The lowest BCUT2D eigenvalue weighted by atomic mass is 10.1. The van der Waals surface area contributed by atoms with E-state index in [-0.39, 0.29) is 5.56 Å². The predicted octanol–water partition coefficient (Wildman–Crippen LogP) is 1.92. The number of benzene rings is 1. The molecule has 0 aliphatic carbocycles. The average Bonchev–Trinajstić information content (AvgIpc) is 2.66. The number of hydrogen-bond donors (Lipinski definition) is 2. The molecule has 3 heterocycles. The van der Waals surface area contributed by atoms with Crippen LogP contribution in [0.3, 0.4) is 0 Å². The van der Waals surface area contributed by atoms with Gasteiger partial charge in [-0.15, -0.1) is 0 Å². The van der Waals surface area contributed by atoms with Crippen LogP contribution in [0.5, 0.6) is 0 Å². The van der Waals surface area contributed by atoms with E-state index >= 15 is 0 Å². The number of rotatable bonds is 3. The van der Waals surface area contributed by atoms with Crippen LogP contribution in [0.2, 0.25) is 0 Å². The van der Waals surface area contributed by atoms with Gasteiger partial charge in [0.2, 0.25) is 0 Å². The van der Waals surface area contributed by atoms with Gasteiger partial charge >= 0.3 is 5.69 Å². The first-order valence-corrected chi connectivity index (χ1v) is 8.84. The summed E-state index contributed by atoms with van der Waals surface area (Å²) in [4.78, 5) is 33.7. The molecule has 2 aromatic heterocycles. The third-order valence-electron chi connectivity index (χ3n) is 4.94. The van der Waals surface area contributed by atoms with Crippen molar-refractivity contribution in [3.8, 4) is 5.69 Å². The zero-order chi connectivity index (χ0) is 19.0. The topological polar surface area (TPSA) is 83.0 Å². The van der Waals surface area contributed by atoms with Crippen molar-refractivity contribution in [3.05, 3.63) is 85.8 Å². The number of nitrogens with one attached hydrogen (secondary N) is 2. The van der Waals surface area contributed by atoms with Gasteiger partial charge in [-0.2, -0.15) is 0 Å². The van der Waals surface area contributed by atoms with Crippen molar-refractivity contribution in [1.82, 2.24) is 19.4 Å². The van der Waals surface area contributed by atoms with Crippen molar-refractivity contribution in [2.45, 2.75) is 26.9 Å². The maximum Gasteiger partial charge on any atom is 0.334 e. The third-order valence-corrected chi connectivity index (χ3v) is 4.94. The first kappa shape index (κ1) is 17.2. The lowest BCUT2D eigenvalue weighted by molar-refractivity contribution is 0.263. The Bertz CT molecular complexity index is 1100. The molecule has 3 aromatic rings. The fourth-order valence-electron chi connectivity index (χ4n) is 3.34. The molecule has 1 aliphatic heterocycles. The molecule has 1 aliphatic rings. The van der Waals surface area contributed by atoms with Gasteiger partial charge in [-0.1, -0.05) is 12.1 Å². The summed E-state index contributed by atoms with van der Waals surface area (Å²) in [6.07, 6.45) is 3.55. The molecule has 0 saturated heterocycles. The van der Waals surface area contributed by atoms with E-state index in [4.69, 9.17) is 0 Å². The molecule has 0 radical (unpaired) electrons. The lowest BCUT2D eigenvalue weighted by Crippen LogP contribution is -2.42. The van der Waals surface area contributed by atoms with Gasteiger partial charge in [-0.05, 0) is 48.7 Å². The summed E-state index contributed by atoms with van der Waals surface area (Å²) in [6, 6.07) is 9.73. The summed E-state index contributed by atoms with van der Waals surface area (Å²) in [5.74, 6) is 0.564. The highest BCUT2D eigenvalue weighted by Gasteiger charge is 2.23. The summed E-state index contributed by atoms with van der Waals surface area (Å²) in [5, 5.41) is 3.26. The van der Waals surface area contributed by atoms with Gasteiger partial charge in [-0.25, -0.2) is 9.36 Å². The third kappa shape index (κ3) is 3.29. The highest BCUT2D eigenvalue weighted by atomic mass is 16.2. The minimum atomic E-state index is -0.435. The van der Waals surface area contributed by atoms with E-state index in [1.165, 1.54) is 0 Å². The number of aromatic nitrogens is 3. The van der Waals surface area contributed by atoms with E-state index < -0.39 is 5.69 Å². The minimum absolute atomic E-state index is 0.349. The SMILES string of the molecule is Cc1ccc(-n2c3c(c(=O)[nH]c2=O)CN(Cc2cccnc2)CN3)cc1C. The van der Waals surface area contributed by atoms with E-state index in [1.54, 1.807) is 10.8 Å². The van der Waals surface area contributed by atoms with E-state index in [0.29, 0.717) is 31.1 Å². The Morgan fingerprint density at radius 2 is 2.00 bits per heavy atom. The van der Waals surface area contributed by atoms with Crippen LogP contribution in [0.4, 0.5) is 5.82 Å². The van der Waals surface area contributed by atoms with Crippen LogP contribution >= 0.6 is 0 Å². The normalized spacial score (nSPS) is 13.9. The van der Waals surface area contributed by atoms with Crippen LogP contribution in [0.25, 0.3) is 5.69 Å². The zero-order valence-electron chi connectivity index (χ0n) is 15.3. The van der Waals surface area contributed by atoms with Crippen LogP contribution in [0, 0.1) is 13.8 Å². The average molecular weight is 363 g/mol. The number of fused-ring (bicyclic) bond motifs is 1. The van der Waals surface area contributed by atoms with Gasteiger partial charge in [0.05, 0.1) is 17.9 Å². The zero-order valence-corrected chi connectivity index (χ0v) is 15.3. The van der Waals surface area contributed by atoms with Crippen molar-refractivity contribution in [2.75, 3.05) is 12.0 Å². The van der Waals surface area contributed by atoms with Crippen LogP contribution in [-0.2, 0) is 13.1 Å². The minimum Gasteiger partial charge on any atom is -0.358 e. The monoisotopic (exact) mass is 363 g/mol. The largest absolute Gasteiger partial charge is 0.358 e. The number of H-pyrrole nitrogens is 1. The van der Waals surface area contributed by atoms with E-state index in [0.717, 1.165) is 22.4 Å². The summed E-state index contributed by atoms with van der Waals surface area (Å²) >= 11 is 0. The van der Waals surface area contributed by atoms with Gasteiger partial charge < -0.3 is 5.32 Å². The molecule has 0 fully saturated rings. The van der Waals surface area contributed by atoms with Gasteiger partial charge in [-0.3, -0.25) is 19.7 Å². The smallest absolute Gasteiger partial charge is 0.334 e. The van der Waals surface area contributed by atoms with Crippen LogP contribution in [0.1, 0.15) is 22.3 Å². The van der Waals surface area contributed by atoms with E-state index in [2.05, 4.69) is 20.2 Å². The number of anilines is 1. The maximum atomic E-state index is 12.5. The molecule has 138 valence electrons.